The van der Waals surface area contributed by atoms with Crippen LogP contribution in [-0.4, -0.2) is 29.4 Å². The van der Waals surface area contributed by atoms with Gasteiger partial charge in [-0.2, -0.15) is 0 Å². The second-order valence-corrected chi connectivity index (χ2v) is 6.72. The van der Waals surface area contributed by atoms with E-state index in [1.54, 1.807) is 0 Å². The predicted octanol–water partition coefficient (Wildman–Crippen LogP) is 3.61. The van der Waals surface area contributed by atoms with Crippen LogP contribution in [0, 0.1) is 0 Å². The first-order valence-electron chi connectivity index (χ1n) is 8.98. The fourth-order valence-electron chi connectivity index (χ4n) is 3.35. The van der Waals surface area contributed by atoms with E-state index in [0.29, 0.717) is 6.61 Å². The monoisotopic (exact) mass is 338 g/mol. The number of carbonyl (C=O) groups is 1. The van der Waals surface area contributed by atoms with Crippen molar-refractivity contribution in [1.29, 1.82) is 0 Å². The highest BCUT2D eigenvalue weighted by Crippen LogP contribution is 2.22. The summed E-state index contributed by atoms with van der Waals surface area (Å²) in [6, 6.07) is 17.6. The van der Waals surface area contributed by atoms with Gasteiger partial charge in [-0.05, 0) is 56.0 Å². The number of likely N-dealkylation sites (tertiary alicyclic amines) is 1. The lowest BCUT2D eigenvalue weighted by molar-refractivity contribution is 0.0584. The molecule has 4 nitrogen and oxygen atoms in total. The summed E-state index contributed by atoms with van der Waals surface area (Å²) in [6.07, 6.45) is 3.19. The number of nitrogens with zero attached hydrogens (tertiary/aromatic N) is 1. The minimum absolute atomic E-state index is 0.00259. The average Bonchev–Trinajstić information content (AvgIpc) is 2.67. The second-order valence-electron chi connectivity index (χ2n) is 6.72. The van der Waals surface area contributed by atoms with E-state index in [1.165, 1.54) is 0 Å². The molecule has 2 unspecified atom stereocenters. The topological polar surface area (TPSA) is 55.6 Å². The van der Waals surface area contributed by atoms with Crippen LogP contribution in [0.5, 0.6) is 5.75 Å². The SMILES string of the molecule is CC(N)C1CCCCN1C(=O)c1ccc(COc2ccccc2)cc1. The Kier molecular flexibility index (Phi) is 5.71. The van der Waals surface area contributed by atoms with Crippen LogP contribution in [0.25, 0.3) is 0 Å². The van der Waals surface area contributed by atoms with Gasteiger partial charge >= 0.3 is 0 Å². The number of piperidine rings is 1. The summed E-state index contributed by atoms with van der Waals surface area (Å²) in [5.74, 6) is 0.924. The van der Waals surface area contributed by atoms with Gasteiger partial charge in [0.15, 0.2) is 0 Å². The summed E-state index contributed by atoms with van der Waals surface area (Å²) >= 11 is 0. The zero-order chi connectivity index (χ0) is 17.6. The Morgan fingerprint density at radius 3 is 2.56 bits per heavy atom. The number of ether oxygens (including phenoxy) is 1. The third-order valence-corrected chi connectivity index (χ3v) is 4.77. The molecular formula is C21H26N2O2. The van der Waals surface area contributed by atoms with Crippen molar-refractivity contribution in [2.45, 2.75) is 44.9 Å². The summed E-state index contributed by atoms with van der Waals surface area (Å²) in [4.78, 5) is 14.8. The van der Waals surface area contributed by atoms with Gasteiger partial charge in [-0.15, -0.1) is 0 Å². The molecule has 0 saturated carbocycles. The first-order valence-corrected chi connectivity index (χ1v) is 8.98. The molecule has 3 rings (SSSR count). The summed E-state index contributed by atoms with van der Waals surface area (Å²) in [6.45, 7) is 3.27. The largest absolute Gasteiger partial charge is 0.489 e. The van der Waals surface area contributed by atoms with Crippen molar-refractivity contribution in [2.24, 2.45) is 5.73 Å². The summed E-state index contributed by atoms with van der Waals surface area (Å²) < 4.78 is 5.75. The molecule has 1 aliphatic heterocycles. The second kappa shape index (κ2) is 8.17. The number of nitrogens with two attached hydrogens (primary N) is 1. The molecule has 1 amide bonds. The third-order valence-electron chi connectivity index (χ3n) is 4.77. The van der Waals surface area contributed by atoms with Gasteiger partial charge in [-0.3, -0.25) is 4.79 Å². The summed E-state index contributed by atoms with van der Waals surface area (Å²) in [7, 11) is 0. The van der Waals surface area contributed by atoms with E-state index in [2.05, 4.69) is 0 Å². The van der Waals surface area contributed by atoms with Crippen molar-refractivity contribution >= 4 is 5.91 Å². The molecule has 1 saturated heterocycles. The number of carbonyl (C=O) groups excluding carboxylic acids is 1. The molecule has 4 heteroatoms. The van der Waals surface area contributed by atoms with Crippen LogP contribution in [-0.2, 0) is 6.61 Å². The van der Waals surface area contributed by atoms with Crippen LogP contribution in [0.4, 0.5) is 0 Å². The van der Waals surface area contributed by atoms with E-state index in [4.69, 9.17) is 10.5 Å². The molecule has 2 aromatic carbocycles. The predicted molar refractivity (Wildman–Crippen MR) is 99.5 cm³/mol. The molecule has 0 aromatic heterocycles. The molecule has 1 aliphatic rings. The molecule has 0 aliphatic carbocycles. The van der Waals surface area contributed by atoms with E-state index in [0.717, 1.165) is 42.7 Å². The van der Waals surface area contributed by atoms with Gasteiger partial charge in [0.05, 0.1) is 0 Å². The van der Waals surface area contributed by atoms with Crippen LogP contribution in [0.3, 0.4) is 0 Å². The first-order chi connectivity index (χ1) is 12.1. The fraction of sp³-hybridized carbons (Fsp3) is 0.381. The quantitative estimate of drug-likeness (QED) is 0.906. The van der Waals surface area contributed by atoms with E-state index >= 15 is 0 Å². The molecule has 25 heavy (non-hydrogen) atoms. The Labute approximate surface area is 149 Å². The average molecular weight is 338 g/mol. The van der Waals surface area contributed by atoms with Crippen LogP contribution in [0.15, 0.2) is 54.6 Å². The Balaban J connectivity index is 1.64. The molecule has 0 radical (unpaired) electrons. The van der Waals surface area contributed by atoms with Gasteiger partial charge in [-0.25, -0.2) is 0 Å². The van der Waals surface area contributed by atoms with E-state index in [-0.39, 0.29) is 18.0 Å². The van der Waals surface area contributed by atoms with E-state index < -0.39 is 0 Å². The fourth-order valence-corrected chi connectivity index (χ4v) is 3.35. The number of para-hydroxylation sites is 1. The molecule has 2 N–H and O–H groups in total. The van der Waals surface area contributed by atoms with Crippen LogP contribution >= 0.6 is 0 Å². The molecule has 132 valence electrons. The maximum Gasteiger partial charge on any atom is 0.254 e. The number of amides is 1. The van der Waals surface area contributed by atoms with Crippen molar-refractivity contribution in [1.82, 2.24) is 4.90 Å². The van der Waals surface area contributed by atoms with Gasteiger partial charge in [0.25, 0.3) is 5.91 Å². The van der Waals surface area contributed by atoms with Crippen molar-refractivity contribution in [3.63, 3.8) is 0 Å². The van der Waals surface area contributed by atoms with Gasteiger partial charge in [0.2, 0.25) is 0 Å². The van der Waals surface area contributed by atoms with Crippen molar-refractivity contribution in [2.75, 3.05) is 6.54 Å². The van der Waals surface area contributed by atoms with Crippen LogP contribution in [0.2, 0.25) is 0 Å². The highest BCUT2D eigenvalue weighted by molar-refractivity contribution is 5.94. The molecule has 2 atom stereocenters. The summed E-state index contributed by atoms with van der Waals surface area (Å²) in [5.41, 5.74) is 7.84. The molecule has 1 heterocycles. The normalized spacial score (nSPS) is 18.6. The first kappa shape index (κ1) is 17.5. The smallest absolute Gasteiger partial charge is 0.254 e. The zero-order valence-corrected chi connectivity index (χ0v) is 14.7. The number of hydrogen-bond acceptors (Lipinski definition) is 3. The van der Waals surface area contributed by atoms with Gasteiger partial charge in [0.1, 0.15) is 12.4 Å². The highest BCUT2D eigenvalue weighted by Gasteiger charge is 2.29. The van der Waals surface area contributed by atoms with Crippen molar-refractivity contribution in [3.8, 4) is 5.75 Å². The van der Waals surface area contributed by atoms with Crippen LogP contribution in [0.1, 0.15) is 42.1 Å². The molecule has 1 fully saturated rings. The van der Waals surface area contributed by atoms with Crippen molar-refractivity contribution in [3.05, 3.63) is 65.7 Å². The van der Waals surface area contributed by atoms with Crippen LogP contribution < -0.4 is 10.5 Å². The lowest BCUT2D eigenvalue weighted by Gasteiger charge is -2.38. The van der Waals surface area contributed by atoms with Gasteiger partial charge in [0, 0.05) is 24.2 Å². The number of hydrogen-bond donors (Lipinski definition) is 1. The summed E-state index contributed by atoms with van der Waals surface area (Å²) in [5, 5.41) is 0. The Hall–Kier alpha value is -2.33. The lowest BCUT2D eigenvalue weighted by Crippen LogP contribution is -2.51. The Morgan fingerprint density at radius 2 is 1.88 bits per heavy atom. The number of benzene rings is 2. The highest BCUT2D eigenvalue weighted by atomic mass is 16.5. The number of rotatable bonds is 5. The minimum Gasteiger partial charge on any atom is -0.489 e. The molecule has 0 spiro atoms. The van der Waals surface area contributed by atoms with E-state index in [9.17, 15) is 4.79 Å². The maximum atomic E-state index is 12.8. The Bertz CT molecular complexity index is 683. The third kappa shape index (κ3) is 4.40. The van der Waals surface area contributed by atoms with E-state index in [1.807, 2.05) is 66.4 Å². The van der Waals surface area contributed by atoms with Gasteiger partial charge in [-0.1, -0.05) is 30.3 Å². The molecule has 2 aromatic rings. The maximum absolute atomic E-state index is 12.8. The standard InChI is InChI=1S/C21H26N2O2/c1-16(22)20-9-5-6-14-23(20)21(24)18-12-10-17(11-13-18)15-25-19-7-3-2-4-8-19/h2-4,7-8,10-13,16,20H,5-6,9,14-15,22H2,1H3. The van der Waals surface area contributed by atoms with Gasteiger partial charge < -0.3 is 15.4 Å². The minimum atomic E-state index is 0.00259. The van der Waals surface area contributed by atoms with Crippen molar-refractivity contribution < 1.29 is 9.53 Å². The zero-order valence-electron chi connectivity index (χ0n) is 14.7. The molecular weight excluding hydrogens is 312 g/mol. The lowest BCUT2D eigenvalue weighted by atomic mass is 9.96. The Morgan fingerprint density at radius 1 is 1.16 bits per heavy atom. The molecule has 0 bridgehead atoms.